The van der Waals surface area contributed by atoms with Gasteiger partial charge in [-0.3, -0.25) is 0 Å². The van der Waals surface area contributed by atoms with Gasteiger partial charge in [-0.2, -0.15) is 0 Å². The van der Waals surface area contributed by atoms with Crippen molar-refractivity contribution in [1.82, 2.24) is 9.88 Å². The second-order valence-electron chi connectivity index (χ2n) is 5.91. The molecular weight excluding hydrogens is 327 g/mol. The highest BCUT2D eigenvalue weighted by atomic mass is 35.5. The van der Waals surface area contributed by atoms with Gasteiger partial charge in [-0.05, 0) is 55.3 Å². The van der Waals surface area contributed by atoms with Crippen molar-refractivity contribution in [2.24, 2.45) is 0 Å². The van der Waals surface area contributed by atoms with Crippen LogP contribution < -0.4 is 5.32 Å². The molecule has 0 aliphatic heterocycles. The molecule has 2 atom stereocenters. The number of halogens is 2. The van der Waals surface area contributed by atoms with Gasteiger partial charge in [-0.1, -0.05) is 23.8 Å². The molecule has 0 amide bonds. The quantitative estimate of drug-likeness (QED) is 0.738. The number of nitrogens with one attached hydrogen (secondary N) is 1. The highest BCUT2D eigenvalue weighted by molar-refractivity contribution is 5.85. The van der Waals surface area contributed by atoms with E-state index in [4.69, 9.17) is 0 Å². The maximum absolute atomic E-state index is 13.7. The van der Waals surface area contributed by atoms with Crippen molar-refractivity contribution in [1.29, 1.82) is 0 Å². The number of benzene rings is 2. The summed E-state index contributed by atoms with van der Waals surface area (Å²) in [4.78, 5) is 0. The minimum atomic E-state index is -0.668. The SMILES string of the molecule is CNC[C@@H](O)[C@H](c1cccc(F)c1)n1ccc2cc(C)ccc21.Cl. The van der Waals surface area contributed by atoms with E-state index in [0.29, 0.717) is 6.54 Å². The Morgan fingerprint density at radius 1 is 1.17 bits per heavy atom. The number of aliphatic hydroxyl groups excluding tert-OH is 1. The third kappa shape index (κ3) is 3.61. The van der Waals surface area contributed by atoms with Crippen LogP contribution in [0, 0.1) is 12.7 Å². The van der Waals surface area contributed by atoms with Gasteiger partial charge >= 0.3 is 0 Å². The van der Waals surface area contributed by atoms with Crippen LogP contribution in [0.25, 0.3) is 10.9 Å². The molecule has 0 bridgehead atoms. The van der Waals surface area contributed by atoms with E-state index in [1.165, 1.54) is 17.7 Å². The Morgan fingerprint density at radius 3 is 2.67 bits per heavy atom. The van der Waals surface area contributed by atoms with Gasteiger partial charge in [0.15, 0.2) is 0 Å². The largest absolute Gasteiger partial charge is 0.389 e. The molecule has 0 aliphatic carbocycles. The van der Waals surface area contributed by atoms with Crippen LogP contribution in [0.4, 0.5) is 4.39 Å². The maximum atomic E-state index is 13.7. The fourth-order valence-corrected chi connectivity index (χ4v) is 3.11. The van der Waals surface area contributed by atoms with Gasteiger partial charge in [0.25, 0.3) is 0 Å². The molecule has 0 saturated heterocycles. The summed E-state index contributed by atoms with van der Waals surface area (Å²) >= 11 is 0. The lowest BCUT2D eigenvalue weighted by atomic mass is 10.0. The van der Waals surface area contributed by atoms with E-state index in [-0.39, 0.29) is 24.3 Å². The molecule has 2 N–H and O–H groups in total. The third-order valence-electron chi connectivity index (χ3n) is 4.14. The predicted octanol–water partition coefficient (Wildman–Crippen LogP) is 3.68. The van der Waals surface area contributed by atoms with Crippen molar-refractivity contribution in [2.45, 2.75) is 19.1 Å². The average Bonchev–Trinajstić information content (AvgIpc) is 2.91. The number of aliphatic hydroxyl groups is 1. The van der Waals surface area contributed by atoms with Crippen LogP contribution >= 0.6 is 12.4 Å². The zero-order valence-electron chi connectivity index (χ0n) is 13.7. The van der Waals surface area contributed by atoms with E-state index < -0.39 is 6.10 Å². The maximum Gasteiger partial charge on any atom is 0.123 e. The summed E-state index contributed by atoms with van der Waals surface area (Å²) in [6.45, 7) is 2.48. The van der Waals surface area contributed by atoms with E-state index in [0.717, 1.165) is 16.5 Å². The predicted molar refractivity (Wildman–Crippen MR) is 98.4 cm³/mol. The monoisotopic (exact) mass is 348 g/mol. The molecule has 3 aromatic rings. The lowest BCUT2D eigenvalue weighted by Gasteiger charge is -2.26. The first-order valence-corrected chi connectivity index (χ1v) is 7.75. The topological polar surface area (TPSA) is 37.2 Å². The van der Waals surface area contributed by atoms with E-state index in [1.807, 2.05) is 35.0 Å². The second-order valence-corrected chi connectivity index (χ2v) is 5.91. The molecule has 0 fully saturated rings. The van der Waals surface area contributed by atoms with Crippen molar-refractivity contribution in [3.8, 4) is 0 Å². The molecule has 1 heterocycles. The number of hydrogen-bond acceptors (Lipinski definition) is 2. The Bertz CT molecular complexity index is 818. The molecule has 5 heteroatoms. The third-order valence-corrected chi connectivity index (χ3v) is 4.14. The molecular formula is C19H22ClFN2O. The smallest absolute Gasteiger partial charge is 0.123 e. The number of hydrogen-bond donors (Lipinski definition) is 2. The summed E-state index contributed by atoms with van der Waals surface area (Å²) in [5, 5.41) is 14.7. The molecule has 0 spiro atoms. The molecule has 1 aromatic heterocycles. The summed E-state index contributed by atoms with van der Waals surface area (Å²) < 4.78 is 15.7. The minimum Gasteiger partial charge on any atom is -0.389 e. The van der Waals surface area contributed by atoms with E-state index >= 15 is 0 Å². The standard InChI is InChI=1S/C19H21FN2O.ClH/c1-13-6-7-17-14(10-13)8-9-22(17)19(18(23)12-21-2)15-4-3-5-16(20)11-15;/h3-11,18-19,21,23H,12H2,1-2H3;1H/t18-,19+;/m1./s1. The summed E-state index contributed by atoms with van der Waals surface area (Å²) in [7, 11) is 1.79. The highest BCUT2D eigenvalue weighted by Gasteiger charge is 2.24. The Morgan fingerprint density at radius 2 is 1.96 bits per heavy atom. The Balaban J connectivity index is 0.00000208. The zero-order valence-corrected chi connectivity index (χ0v) is 14.6. The van der Waals surface area contributed by atoms with Crippen LogP contribution in [0.5, 0.6) is 0 Å². The van der Waals surface area contributed by atoms with Crippen LogP contribution in [0.2, 0.25) is 0 Å². The fraction of sp³-hybridized carbons (Fsp3) is 0.263. The highest BCUT2D eigenvalue weighted by Crippen LogP contribution is 2.28. The lowest BCUT2D eigenvalue weighted by molar-refractivity contribution is 0.132. The van der Waals surface area contributed by atoms with E-state index in [2.05, 4.69) is 18.3 Å². The number of aromatic nitrogens is 1. The average molecular weight is 349 g/mol. The summed E-state index contributed by atoms with van der Waals surface area (Å²) in [5.41, 5.74) is 2.97. The zero-order chi connectivity index (χ0) is 16.4. The second kappa shape index (κ2) is 7.79. The number of likely N-dealkylation sites (N-methyl/N-ethyl adjacent to an activating group) is 1. The normalized spacial score (nSPS) is 13.5. The molecule has 0 unspecified atom stereocenters. The van der Waals surface area contributed by atoms with Crippen molar-refractivity contribution >= 4 is 23.3 Å². The molecule has 3 rings (SSSR count). The van der Waals surface area contributed by atoms with Gasteiger partial charge in [0.2, 0.25) is 0 Å². The molecule has 0 saturated carbocycles. The molecule has 3 nitrogen and oxygen atoms in total. The van der Waals surface area contributed by atoms with Gasteiger partial charge in [0.1, 0.15) is 5.82 Å². The van der Waals surface area contributed by atoms with Crippen molar-refractivity contribution in [2.75, 3.05) is 13.6 Å². The Kier molecular flexibility index (Phi) is 5.99. The lowest BCUT2D eigenvalue weighted by Crippen LogP contribution is -2.33. The van der Waals surface area contributed by atoms with Crippen LogP contribution in [-0.4, -0.2) is 29.4 Å². The Labute approximate surface area is 147 Å². The number of aryl methyl sites for hydroxylation is 1. The van der Waals surface area contributed by atoms with Gasteiger partial charge in [-0.25, -0.2) is 4.39 Å². The summed E-state index contributed by atoms with van der Waals surface area (Å²) in [5.74, 6) is -0.295. The molecule has 128 valence electrons. The van der Waals surface area contributed by atoms with Crippen LogP contribution in [0.1, 0.15) is 17.2 Å². The fourth-order valence-electron chi connectivity index (χ4n) is 3.11. The van der Waals surface area contributed by atoms with Gasteiger partial charge in [0.05, 0.1) is 12.1 Å². The number of nitrogens with zero attached hydrogens (tertiary/aromatic N) is 1. The van der Waals surface area contributed by atoms with Gasteiger partial charge in [-0.15, -0.1) is 12.4 Å². The van der Waals surface area contributed by atoms with Crippen molar-refractivity contribution < 1.29 is 9.50 Å². The first-order valence-electron chi connectivity index (χ1n) is 7.75. The first-order chi connectivity index (χ1) is 11.1. The molecule has 24 heavy (non-hydrogen) atoms. The number of fused-ring (bicyclic) bond motifs is 1. The molecule has 0 radical (unpaired) electrons. The summed E-state index contributed by atoms with van der Waals surface area (Å²) in [6, 6.07) is 14.3. The van der Waals surface area contributed by atoms with Crippen LogP contribution in [0.15, 0.2) is 54.7 Å². The molecule has 2 aromatic carbocycles. The van der Waals surface area contributed by atoms with Gasteiger partial charge in [0, 0.05) is 18.3 Å². The molecule has 0 aliphatic rings. The van der Waals surface area contributed by atoms with E-state index in [9.17, 15) is 9.50 Å². The van der Waals surface area contributed by atoms with E-state index in [1.54, 1.807) is 13.1 Å². The van der Waals surface area contributed by atoms with Gasteiger partial charge < -0.3 is 15.0 Å². The number of rotatable bonds is 5. The Hall–Kier alpha value is -1.88. The van der Waals surface area contributed by atoms with Crippen molar-refractivity contribution in [3.05, 3.63) is 71.7 Å². The van der Waals surface area contributed by atoms with Crippen LogP contribution in [-0.2, 0) is 0 Å². The van der Waals surface area contributed by atoms with Crippen molar-refractivity contribution in [3.63, 3.8) is 0 Å². The van der Waals surface area contributed by atoms with Crippen LogP contribution in [0.3, 0.4) is 0 Å². The first kappa shape index (κ1) is 18.5. The minimum absolute atomic E-state index is 0. The summed E-state index contributed by atoms with van der Waals surface area (Å²) in [6.07, 6.45) is 1.29.